The van der Waals surface area contributed by atoms with Gasteiger partial charge in [0.15, 0.2) is 0 Å². The van der Waals surface area contributed by atoms with Gasteiger partial charge in [-0.1, -0.05) is 36.4 Å². The minimum atomic E-state index is -0.606. The van der Waals surface area contributed by atoms with Crippen molar-refractivity contribution in [3.05, 3.63) is 47.1 Å². The van der Waals surface area contributed by atoms with Gasteiger partial charge in [-0.15, -0.1) is 0 Å². The Labute approximate surface area is 139 Å². The molecule has 3 rings (SSSR count). The summed E-state index contributed by atoms with van der Waals surface area (Å²) in [7, 11) is 0. The van der Waals surface area contributed by atoms with Crippen LogP contribution >= 0.6 is 11.6 Å². The minimum Gasteiger partial charge on any atom is -0.378 e. The van der Waals surface area contributed by atoms with Gasteiger partial charge in [0.25, 0.3) is 0 Å². The van der Waals surface area contributed by atoms with Gasteiger partial charge in [-0.3, -0.25) is 4.79 Å². The summed E-state index contributed by atoms with van der Waals surface area (Å²) in [5, 5.41) is 5.91. The van der Waals surface area contributed by atoms with Crippen molar-refractivity contribution in [2.24, 2.45) is 5.92 Å². The summed E-state index contributed by atoms with van der Waals surface area (Å²) in [5.41, 5.74) is 1.09. The van der Waals surface area contributed by atoms with E-state index in [2.05, 4.69) is 17.2 Å². The zero-order valence-electron chi connectivity index (χ0n) is 12.5. The van der Waals surface area contributed by atoms with Gasteiger partial charge in [-0.25, -0.2) is 4.79 Å². The highest BCUT2D eigenvalue weighted by Crippen LogP contribution is 2.34. The molecule has 0 saturated carbocycles. The number of hydrogen-bond acceptors (Lipinski definition) is 3. The number of nitrogens with zero attached hydrogens (tertiary/aromatic N) is 1. The van der Waals surface area contributed by atoms with Crippen molar-refractivity contribution < 1.29 is 14.3 Å². The van der Waals surface area contributed by atoms with Crippen molar-refractivity contribution >= 4 is 23.5 Å². The Morgan fingerprint density at radius 3 is 2.70 bits per heavy atom. The van der Waals surface area contributed by atoms with Crippen molar-refractivity contribution in [2.75, 3.05) is 26.3 Å². The van der Waals surface area contributed by atoms with Gasteiger partial charge in [-0.2, -0.15) is 0 Å². The number of amides is 3. The van der Waals surface area contributed by atoms with Crippen LogP contribution in [0.2, 0.25) is 5.02 Å². The molecule has 2 aliphatic heterocycles. The maximum atomic E-state index is 12.9. The quantitative estimate of drug-likeness (QED) is 0.864. The molecule has 122 valence electrons. The van der Waals surface area contributed by atoms with E-state index in [9.17, 15) is 9.59 Å². The fraction of sp³-hybridized carbons (Fsp3) is 0.375. The monoisotopic (exact) mass is 335 g/mol. The largest absolute Gasteiger partial charge is 0.378 e. The average molecular weight is 336 g/mol. The van der Waals surface area contributed by atoms with Gasteiger partial charge in [0, 0.05) is 23.8 Å². The molecule has 0 spiro atoms. The smallest absolute Gasteiger partial charge is 0.319 e. The number of hydrogen-bond donors (Lipinski definition) is 2. The number of ether oxygens (including phenoxy) is 1. The maximum Gasteiger partial charge on any atom is 0.319 e. The molecule has 1 aromatic carbocycles. The summed E-state index contributed by atoms with van der Waals surface area (Å²) in [4.78, 5) is 26.5. The molecule has 0 unspecified atom stereocenters. The van der Waals surface area contributed by atoms with Gasteiger partial charge in [0.2, 0.25) is 5.91 Å². The number of benzene rings is 1. The summed E-state index contributed by atoms with van der Waals surface area (Å²) < 4.78 is 5.29. The molecule has 2 aliphatic rings. The van der Waals surface area contributed by atoms with Crippen LogP contribution in [0.5, 0.6) is 0 Å². The van der Waals surface area contributed by atoms with Crippen LogP contribution in [0.3, 0.4) is 0 Å². The molecule has 2 saturated heterocycles. The Morgan fingerprint density at radius 1 is 1.30 bits per heavy atom. The van der Waals surface area contributed by atoms with E-state index in [1.54, 1.807) is 11.0 Å². The second-order valence-electron chi connectivity index (χ2n) is 5.54. The first kappa shape index (κ1) is 15.8. The van der Waals surface area contributed by atoms with E-state index < -0.39 is 12.0 Å². The molecule has 23 heavy (non-hydrogen) atoms. The molecular formula is C16H18ClN3O3. The van der Waals surface area contributed by atoms with Gasteiger partial charge in [0.05, 0.1) is 19.3 Å². The van der Waals surface area contributed by atoms with Crippen LogP contribution in [0, 0.1) is 5.92 Å². The Morgan fingerprint density at radius 2 is 2.00 bits per heavy atom. The second kappa shape index (κ2) is 6.60. The van der Waals surface area contributed by atoms with Crippen LogP contribution in [-0.4, -0.2) is 43.1 Å². The number of halogens is 1. The Kier molecular flexibility index (Phi) is 4.54. The fourth-order valence-corrected chi connectivity index (χ4v) is 3.20. The Bertz CT molecular complexity index is 643. The van der Waals surface area contributed by atoms with Crippen LogP contribution in [0.4, 0.5) is 4.79 Å². The van der Waals surface area contributed by atoms with E-state index >= 15 is 0 Å². The van der Waals surface area contributed by atoms with Crippen molar-refractivity contribution in [3.8, 4) is 0 Å². The molecule has 2 fully saturated rings. The molecule has 2 atom stereocenters. The Hall–Kier alpha value is -2.05. The highest BCUT2D eigenvalue weighted by molar-refractivity contribution is 6.31. The highest BCUT2D eigenvalue weighted by Gasteiger charge is 2.40. The van der Waals surface area contributed by atoms with Crippen LogP contribution in [0.25, 0.3) is 0 Å². The van der Waals surface area contributed by atoms with E-state index in [1.165, 1.54) is 0 Å². The van der Waals surface area contributed by atoms with Gasteiger partial charge >= 0.3 is 6.03 Å². The van der Waals surface area contributed by atoms with E-state index in [4.69, 9.17) is 16.3 Å². The van der Waals surface area contributed by atoms with Crippen molar-refractivity contribution in [3.63, 3.8) is 0 Å². The molecule has 7 heteroatoms. The van der Waals surface area contributed by atoms with E-state index in [-0.39, 0.29) is 11.9 Å². The lowest BCUT2D eigenvalue weighted by atomic mass is 9.87. The third kappa shape index (κ3) is 3.18. The standard InChI is InChI=1S/C16H18ClN3O3/c1-10-13(15(21)20-6-8-23-9-7-20)14(19-16(22)18-10)11-4-2-3-5-12(11)17/h2-5,13-14H,1,6-9H2,(H2,18,19,22)/t13-,14-/m1/s1. The molecule has 1 aromatic rings. The number of morpholine rings is 1. The molecule has 3 amide bonds. The average Bonchev–Trinajstić information content (AvgIpc) is 2.55. The molecule has 0 bridgehead atoms. The highest BCUT2D eigenvalue weighted by atomic mass is 35.5. The predicted molar refractivity (Wildman–Crippen MR) is 85.9 cm³/mol. The lowest BCUT2D eigenvalue weighted by molar-refractivity contribution is -0.139. The van der Waals surface area contributed by atoms with Gasteiger partial charge in [0.1, 0.15) is 5.92 Å². The third-order valence-corrected chi connectivity index (χ3v) is 4.44. The molecule has 0 aromatic heterocycles. The second-order valence-corrected chi connectivity index (χ2v) is 5.95. The van der Waals surface area contributed by atoms with E-state index in [0.717, 1.165) is 0 Å². The zero-order valence-corrected chi connectivity index (χ0v) is 13.3. The molecular weight excluding hydrogens is 318 g/mol. The zero-order chi connectivity index (χ0) is 16.4. The predicted octanol–water partition coefficient (Wildman–Crippen LogP) is 1.68. The van der Waals surface area contributed by atoms with Crippen molar-refractivity contribution in [1.82, 2.24) is 15.5 Å². The molecule has 6 nitrogen and oxygen atoms in total. The first-order valence-electron chi connectivity index (χ1n) is 7.45. The molecule has 2 heterocycles. The lowest BCUT2D eigenvalue weighted by Crippen LogP contribution is -2.55. The number of carbonyl (C=O) groups is 2. The topological polar surface area (TPSA) is 70.7 Å². The van der Waals surface area contributed by atoms with Crippen LogP contribution in [0.15, 0.2) is 36.5 Å². The third-order valence-electron chi connectivity index (χ3n) is 4.10. The van der Waals surface area contributed by atoms with E-state index in [0.29, 0.717) is 42.6 Å². The first-order chi connectivity index (χ1) is 11.1. The summed E-state index contributed by atoms with van der Waals surface area (Å²) in [6.45, 7) is 5.97. The van der Waals surface area contributed by atoms with Crippen LogP contribution in [0.1, 0.15) is 11.6 Å². The molecule has 2 N–H and O–H groups in total. The normalized spacial score (nSPS) is 24.8. The summed E-state index contributed by atoms with van der Waals surface area (Å²) in [6, 6.07) is 6.26. The minimum absolute atomic E-state index is 0.0873. The number of urea groups is 1. The van der Waals surface area contributed by atoms with Crippen molar-refractivity contribution in [2.45, 2.75) is 6.04 Å². The van der Waals surface area contributed by atoms with Gasteiger partial charge in [-0.05, 0) is 11.6 Å². The summed E-state index contributed by atoms with van der Waals surface area (Å²) in [6.07, 6.45) is 0. The number of rotatable bonds is 2. The number of carbonyl (C=O) groups excluding carboxylic acids is 2. The first-order valence-corrected chi connectivity index (χ1v) is 7.83. The fourth-order valence-electron chi connectivity index (χ4n) is 2.94. The molecule has 0 radical (unpaired) electrons. The summed E-state index contributed by atoms with van der Waals surface area (Å²) >= 11 is 6.26. The van der Waals surface area contributed by atoms with Crippen LogP contribution in [-0.2, 0) is 9.53 Å². The van der Waals surface area contributed by atoms with E-state index in [1.807, 2.05) is 18.2 Å². The lowest BCUT2D eigenvalue weighted by Gasteiger charge is -2.38. The van der Waals surface area contributed by atoms with Gasteiger partial charge < -0.3 is 20.3 Å². The SMILES string of the molecule is C=C1NC(=O)N[C@H](c2ccccc2Cl)[C@@H]1C(=O)N1CCOCC1. The maximum absolute atomic E-state index is 12.9. The Balaban J connectivity index is 1.93. The molecule has 0 aliphatic carbocycles. The van der Waals surface area contributed by atoms with Crippen LogP contribution < -0.4 is 10.6 Å². The van der Waals surface area contributed by atoms with Crippen molar-refractivity contribution in [1.29, 1.82) is 0 Å². The number of nitrogens with one attached hydrogen (secondary N) is 2. The summed E-state index contributed by atoms with van der Waals surface area (Å²) in [5.74, 6) is -0.693.